The zero-order valence-corrected chi connectivity index (χ0v) is 13.0. The second-order valence-electron chi connectivity index (χ2n) is 5.27. The van der Waals surface area contributed by atoms with Gasteiger partial charge in [0, 0.05) is 24.7 Å². The van der Waals surface area contributed by atoms with Crippen LogP contribution in [0.2, 0.25) is 0 Å². The van der Waals surface area contributed by atoms with Crippen LogP contribution in [0.15, 0.2) is 41.1 Å². The van der Waals surface area contributed by atoms with Crippen LogP contribution >= 0.6 is 0 Å². The lowest BCUT2D eigenvalue weighted by Gasteiger charge is -2.07. The molecule has 1 aromatic carbocycles. The lowest BCUT2D eigenvalue weighted by atomic mass is 10.2. The van der Waals surface area contributed by atoms with Gasteiger partial charge in [-0.1, -0.05) is 0 Å². The van der Waals surface area contributed by atoms with Crippen LogP contribution in [0.3, 0.4) is 0 Å². The first-order valence-electron chi connectivity index (χ1n) is 7.36. The molecular formula is C17H17FN4O. The molecule has 6 heteroatoms. The van der Waals surface area contributed by atoms with Crippen molar-refractivity contribution in [2.24, 2.45) is 0 Å². The summed E-state index contributed by atoms with van der Waals surface area (Å²) in [5, 5.41) is 3.25. The molecule has 0 aliphatic heterocycles. The van der Waals surface area contributed by atoms with E-state index in [9.17, 15) is 4.39 Å². The highest BCUT2D eigenvalue weighted by atomic mass is 19.1. The summed E-state index contributed by atoms with van der Waals surface area (Å²) in [6.07, 6.45) is 4.06. The maximum absolute atomic E-state index is 12.9. The standard InChI is InChI=1S/C17H17FN4O/c1-11-9-20-12(2)16(21-11)19-8-7-15-10-23-17(22-15)13-3-5-14(18)6-4-13/h3-6,9-10H,7-8H2,1-2H3,(H,19,21). The van der Waals surface area contributed by atoms with E-state index in [0.29, 0.717) is 18.9 Å². The average molecular weight is 312 g/mol. The number of aryl methyl sites for hydroxylation is 2. The van der Waals surface area contributed by atoms with Gasteiger partial charge in [-0.2, -0.15) is 0 Å². The van der Waals surface area contributed by atoms with Gasteiger partial charge in [-0.3, -0.25) is 4.98 Å². The first-order valence-corrected chi connectivity index (χ1v) is 7.36. The van der Waals surface area contributed by atoms with Gasteiger partial charge in [0.05, 0.1) is 17.1 Å². The first kappa shape index (κ1) is 15.1. The van der Waals surface area contributed by atoms with Crippen molar-refractivity contribution in [1.29, 1.82) is 0 Å². The molecule has 0 spiro atoms. The molecule has 3 aromatic rings. The van der Waals surface area contributed by atoms with E-state index in [4.69, 9.17) is 4.42 Å². The van der Waals surface area contributed by atoms with Gasteiger partial charge in [-0.15, -0.1) is 0 Å². The number of nitrogens with zero attached hydrogens (tertiary/aromatic N) is 3. The van der Waals surface area contributed by atoms with Crippen molar-refractivity contribution in [2.45, 2.75) is 20.3 Å². The smallest absolute Gasteiger partial charge is 0.226 e. The number of aromatic nitrogens is 3. The summed E-state index contributed by atoms with van der Waals surface area (Å²) < 4.78 is 18.4. The quantitative estimate of drug-likeness (QED) is 0.780. The summed E-state index contributed by atoms with van der Waals surface area (Å²) >= 11 is 0. The predicted octanol–water partition coefficient (Wildman–Crippen LogP) is 3.54. The molecule has 5 nitrogen and oxygen atoms in total. The molecule has 1 N–H and O–H groups in total. The normalized spacial score (nSPS) is 10.7. The lowest BCUT2D eigenvalue weighted by molar-refractivity contribution is 0.572. The number of anilines is 1. The largest absolute Gasteiger partial charge is 0.444 e. The Morgan fingerprint density at radius 1 is 1.13 bits per heavy atom. The van der Waals surface area contributed by atoms with Crippen LogP contribution in [0, 0.1) is 19.7 Å². The maximum atomic E-state index is 12.9. The van der Waals surface area contributed by atoms with E-state index in [2.05, 4.69) is 20.3 Å². The fourth-order valence-electron chi connectivity index (χ4n) is 2.16. The molecule has 23 heavy (non-hydrogen) atoms. The van der Waals surface area contributed by atoms with Crippen molar-refractivity contribution >= 4 is 5.82 Å². The van der Waals surface area contributed by atoms with E-state index in [1.54, 1.807) is 24.6 Å². The number of rotatable bonds is 5. The number of benzene rings is 1. The Morgan fingerprint density at radius 3 is 2.70 bits per heavy atom. The fourth-order valence-corrected chi connectivity index (χ4v) is 2.16. The molecule has 0 radical (unpaired) electrons. The van der Waals surface area contributed by atoms with E-state index in [0.717, 1.165) is 28.5 Å². The SMILES string of the molecule is Cc1cnc(C)c(NCCc2coc(-c3ccc(F)cc3)n2)n1. The van der Waals surface area contributed by atoms with Crippen molar-refractivity contribution in [3.05, 3.63) is 59.6 Å². The van der Waals surface area contributed by atoms with E-state index in [-0.39, 0.29) is 5.82 Å². The Morgan fingerprint density at radius 2 is 1.91 bits per heavy atom. The minimum atomic E-state index is -0.278. The Kier molecular flexibility index (Phi) is 4.32. The topological polar surface area (TPSA) is 63.8 Å². The van der Waals surface area contributed by atoms with Crippen LogP contribution in [-0.2, 0) is 6.42 Å². The number of halogens is 1. The van der Waals surface area contributed by atoms with Crippen LogP contribution in [0.25, 0.3) is 11.5 Å². The molecule has 0 bridgehead atoms. The molecular weight excluding hydrogens is 295 g/mol. The lowest BCUT2D eigenvalue weighted by Crippen LogP contribution is -2.09. The van der Waals surface area contributed by atoms with E-state index in [1.807, 2.05) is 13.8 Å². The second kappa shape index (κ2) is 6.56. The van der Waals surface area contributed by atoms with Gasteiger partial charge < -0.3 is 9.73 Å². The van der Waals surface area contributed by atoms with Gasteiger partial charge in [0.15, 0.2) is 0 Å². The minimum absolute atomic E-state index is 0.278. The fraction of sp³-hybridized carbons (Fsp3) is 0.235. The predicted molar refractivity (Wildman–Crippen MR) is 85.6 cm³/mol. The summed E-state index contributed by atoms with van der Waals surface area (Å²) in [5.74, 6) is 0.998. The highest BCUT2D eigenvalue weighted by Crippen LogP contribution is 2.19. The summed E-state index contributed by atoms with van der Waals surface area (Å²) in [6.45, 7) is 4.50. The molecule has 3 rings (SSSR count). The highest BCUT2D eigenvalue weighted by Gasteiger charge is 2.07. The summed E-state index contributed by atoms with van der Waals surface area (Å²) in [6, 6.07) is 6.07. The number of hydrogen-bond acceptors (Lipinski definition) is 5. The zero-order chi connectivity index (χ0) is 16.2. The van der Waals surface area contributed by atoms with Crippen LogP contribution in [0.5, 0.6) is 0 Å². The van der Waals surface area contributed by atoms with Gasteiger partial charge in [0.2, 0.25) is 5.89 Å². The number of nitrogens with one attached hydrogen (secondary N) is 1. The maximum Gasteiger partial charge on any atom is 0.226 e. The highest BCUT2D eigenvalue weighted by molar-refractivity contribution is 5.52. The average Bonchev–Trinajstić information content (AvgIpc) is 3.00. The van der Waals surface area contributed by atoms with Gasteiger partial charge in [0.25, 0.3) is 0 Å². The van der Waals surface area contributed by atoms with E-state index in [1.165, 1.54) is 12.1 Å². The second-order valence-corrected chi connectivity index (χ2v) is 5.27. The molecule has 0 atom stereocenters. The van der Waals surface area contributed by atoms with Crippen LogP contribution in [0.4, 0.5) is 10.2 Å². The summed E-state index contributed by atoms with van der Waals surface area (Å²) in [5.41, 5.74) is 3.32. The Labute approximate surface area is 133 Å². The minimum Gasteiger partial charge on any atom is -0.444 e. The van der Waals surface area contributed by atoms with Crippen LogP contribution < -0.4 is 5.32 Å². The monoisotopic (exact) mass is 312 g/mol. The summed E-state index contributed by atoms with van der Waals surface area (Å²) in [7, 11) is 0. The molecule has 118 valence electrons. The van der Waals surface area contributed by atoms with Gasteiger partial charge in [-0.25, -0.2) is 14.4 Å². The number of hydrogen-bond donors (Lipinski definition) is 1. The first-order chi connectivity index (χ1) is 11.1. The molecule has 0 saturated carbocycles. The van der Waals surface area contributed by atoms with Crippen molar-refractivity contribution < 1.29 is 8.81 Å². The molecule has 0 aliphatic rings. The molecule has 0 saturated heterocycles. The Bertz CT molecular complexity index is 799. The van der Waals surface area contributed by atoms with Gasteiger partial charge in [-0.05, 0) is 38.1 Å². The third-order valence-corrected chi connectivity index (χ3v) is 3.39. The molecule has 0 aliphatic carbocycles. The molecule has 0 unspecified atom stereocenters. The van der Waals surface area contributed by atoms with Crippen molar-refractivity contribution in [2.75, 3.05) is 11.9 Å². The van der Waals surface area contributed by atoms with Gasteiger partial charge >= 0.3 is 0 Å². The molecule has 2 aromatic heterocycles. The Hall–Kier alpha value is -2.76. The van der Waals surface area contributed by atoms with Crippen molar-refractivity contribution in [3.63, 3.8) is 0 Å². The van der Waals surface area contributed by atoms with Gasteiger partial charge in [0.1, 0.15) is 17.9 Å². The molecule has 0 amide bonds. The van der Waals surface area contributed by atoms with E-state index < -0.39 is 0 Å². The molecule has 0 fully saturated rings. The van der Waals surface area contributed by atoms with Crippen molar-refractivity contribution in [3.8, 4) is 11.5 Å². The zero-order valence-electron chi connectivity index (χ0n) is 13.0. The third-order valence-electron chi connectivity index (χ3n) is 3.39. The summed E-state index contributed by atoms with van der Waals surface area (Å²) in [4.78, 5) is 13.1. The Balaban J connectivity index is 1.61. The van der Waals surface area contributed by atoms with Crippen LogP contribution in [-0.4, -0.2) is 21.5 Å². The van der Waals surface area contributed by atoms with Crippen LogP contribution in [0.1, 0.15) is 17.1 Å². The molecule has 2 heterocycles. The number of oxazole rings is 1. The third kappa shape index (κ3) is 3.71. The van der Waals surface area contributed by atoms with E-state index >= 15 is 0 Å². The van der Waals surface area contributed by atoms with Crippen molar-refractivity contribution in [1.82, 2.24) is 15.0 Å².